The molecule has 2 aromatic carbocycles. The molecule has 4 nitrogen and oxygen atoms in total. The van der Waals surface area contributed by atoms with Crippen LogP contribution in [0.2, 0.25) is 0 Å². The SMILES string of the molecule is Cc1ccccc1CNC(=O)C1CCN(C(=O)Cc2ccccc2C)CC1. The van der Waals surface area contributed by atoms with Crippen LogP contribution in [0.1, 0.15) is 35.1 Å². The normalized spacial score (nSPS) is 14.8. The summed E-state index contributed by atoms with van der Waals surface area (Å²) in [7, 11) is 0. The summed E-state index contributed by atoms with van der Waals surface area (Å²) in [5.41, 5.74) is 4.57. The molecule has 3 rings (SSSR count). The summed E-state index contributed by atoms with van der Waals surface area (Å²) in [5.74, 6) is 0.254. The van der Waals surface area contributed by atoms with Gasteiger partial charge in [-0.3, -0.25) is 9.59 Å². The van der Waals surface area contributed by atoms with Crippen LogP contribution in [0, 0.1) is 19.8 Å². The molecule has 0 spiro atoms. The van der Waals surface area contributed by atoms with Crippen molar-refractivity contribution in [3.05, 3.63) is 70.8 Å². The van der Waals surface area contributed by atoms with Gasteiger partial charge < -0.3 is 10.2 Å². The van der Waals surface area contributed by atoms with Crippen LogP contribution in [0.15, 0.2) is 48.5 Å². The van der Waals surface area contributed by atoms with E-state index in [-0.39, 0.29) is 17.7 Å². The maximum atomic E-state index is 12.6. The summed E-state index contributed by atoms with van der Waals surface area (Å²) >= 11 is 0. The van der Waals surface area contributed by atoms with E-state index in [1.165, 1.54) is 5.56 Å². The number of carbonyl (C=O) groups is 2. The number of carbonyl (C=O) groups excluding carboxylic acids is 2. The predicted octanol–water partition coefficient (Wildman–Crippen LogP) is 3.40. The number of likely N-dealkylation sites (tertiary alicyclic amines) is 1. The summed E-state index contributed by atoms with van der Waals surface area (Å²) in [6, 6.07) is 16.1. The van der Waals surface area contributed by atoms with Crippen LogP contribution in [-0.2, 0) is 22.6 Å². The maximum absolute atomic E-state index is 12.6. The van der Waals surface area contributed by atoms with Crippen LogP contribution in [0.3, 0.4) is 0 Å². The molecule has 27 heavy (non-hydrogen) atoms. The second-order valence-corrected chi connectivity index (χ2v) is 7.40. The van der Waals surface area contributed by atoms with E-state index in [0.29, 0.717) is 26.1 Å². The van der Waals surface area contributed by atoms with Crippen LogP contribution in [0.5, 0.6) is 0 Å². The molecule has 0 atom stereocenters. The van der Waals surface area contributed by atoms with E-state index in [1.54, 1.807) is 0 Å². The van der Waals surface area contributed by atoms with Gasteiger partial charge in [-0.15, -0.1) is 0 Å². The van der Waals surface area contributed by atoms with Crippen molar-refractivity contribution in [1.82, 2.24) is 10.2 Å². The number of piperidine rings is 1. The Hall–Kier alpha value is -2.62. The van der Waals surface area contributed by atoms with E-state index in [0.717, 1.165) is 29.5 Å². The fraction of sp³-hybridized carbons (Fsp3) is 0.391. The molecule has 0 radical (unpaired) electrons. The number of rotatable bonds is 5. The number of hydrogen-bond acceptors (Lipinski definition) is 2. The number of aryl methyl sites for hydroxylation is 2. The smallest absolute Gasteiger partial charge is 0.226 e. The first-order valence-corrected chi connectivity index (χ1v) is 9.69. The van der Waals surface area contributed by atoms with Crippen molar-refractivity contribution in [3.8, 4) is 0 Å². The highest BCUT2D eigenvalue weighted by molar-refractivity contribution is 5.81. The topological polar surface area (TPSA) is 49.4 Å². The van der Waals surface area contributed by atoms with Gasteiger partial charge in [-0.1, -0.05) is 48.5 Å². The quantitative estimate of drug-likeness (QED) is 0.884. The third-order valence-electron chi connectivity index (χ3n) is 5.54. The van der Waals surface area contributed by atoms with Crippen molar-refractivity contribution in [3.63, 3.8) is 0 Å². The van der Waals surface area contributed by atoms with E-state index >= 15 is 0 Å². The second kappa shape index (κ2) is 8.85. The number of nitrogens with one attached hydrogen (secondary N) is 1. The highest BCUT2D eigenvalue weighted by atomic mass is 16.2. The fourth-order valence-corrected chi connectivity index (χ4v) is 3.61. The number of nitrogens with zero attached hydrogens (tertiary/aromatic N) is 1. The van der Waals surface area contributed by atoms with Gasteiger partial charge in [0.1, 0.15) is 0 Å². The Bertz CT molecular complexity index is 808. The lowest BCUT2D eigenvalue weighted by Gasteiger charge is -2.31. The van der Waals surface area contributed by atoms with Gasteiger partial charge in [0.25, 0.3) is 0 Å². The molecule has 1 aliphatic heterocycles. The third kappa shape index (κ3) is 4.97. The lowest BCUT2D eigenvalue weighted by molar-refractivity contribution is -0.135. The van der Waals surface area contributed by atoms with Crippen LogP contribution in [0.25, 0.3) is 0 Å². The number of benzene rings is 2. The van der Waals surface area contributed by atoms with Crippen molar-refractivity contribution in [2.75, 3.05) is 13.1 Å². The van der Waals surface area contributed by atoms with Crippen molar-refractivity contribution < 1.29 is 9.59 Å². The Morgan fingerprint density at radius 2 is 1.48 bits per heavy atom. The number of hydrogen-bond donors (Lipinski definition) is 1. The summed E-state index contributed by atoms with van der Waals surface area (Å²) in [6.45, 7) is 5.98. The van der Waals surface area contributed by atoms with Crippen molar-refractivity contribution in [2.24, 2.45) is 5.92 Å². The minimum atomic E-state index is -0.00321. The molecule has 0 unspecified atom stereocenters. The highest BCUT2D eigenvalue weighted by Gasteiger charge is 2.27. The van der Waals surface area contributed by atoms with Gasteiger partial charge in [0.15, 0.2) is 0 Å². The molecule has 1 N–H and O–H groups in total. The average molecular weight is 364 g/mol. The molecule has 0 bridgehead atoms. The Kier molecular flexibility index (Phi) is 6.28. The minimum Gasteiger partial charge on any atom is -0.352 e. The van der Waals surface area contributed by atoms with Gasteiger partial charge >= 0.3 is 0 Å². The van der Waals surface area contributed by atoms with E-state index in [2.05, 4.69) is 18.3 Å². The van der Waals surface area contributed by atoms with Crippen molar-refractivity contribution in [2.45, 2.75) is 39.7 Å². The van der Waals surface area contributed by atoms with E-state index < -0.39 is 0 Å². The minimum absolute atomic E-state index is 0.00321. The molecule has 0 saturated carbocycles. The molecule has 1 saturated heterocycles. The molecule has 4 heteroatoms. The second-order valence-electron chi connectivity index (χ2n) is 7.40. The Morgan fingerprint density at radius 1 is 0.926 bits per heavy atom. The summed E-state index contributed by atoms with van der Waals surface area (Å²) in [5, 5.41) is 3.06. The third-order valence-corrected chi connectivity index (χ3v) is 5.54. The summed E-state index contributed by atoms with van der Waals surface area (Å²) in [6.07, 6.45) is 1.91. The van der Waals surface area contributed by atoms with E-state index in [4.69, 9.17) is 0 Å². The standard InChI is InChI=1S/C23H28N2O2/c1-17-7-3-5-9-20(17)15-22(26)25-13-11-19(12-14-25)23(27)24-16-21-10-6-4-8-18(21)2/h3-10,19H,11-16H2,1-2H3,(H,24,27). The van der Waals surface area contributed by atoms with Gasteiger partial charge in [-0.25, -0.2) is 0 Å². The highest BCUT2D eigenvalue weighted by Crippen LogP contribution is 2.19. The van der Waals surface area contributed by atoms with Crippen LogP contribution in [0.4, 0.5) is 0 Å². The van der Waals surface area contributed by atoms with Crippen molar-refractivity contribution in [1.29, 1.82) is 0 Å². The zero-order chi connectivity index (χ0) is 19.2. The molecular formula is C23H28N2O2. The Balaban J connectivity index is 1.47. The molecular weight excluding hydrogens is 336 g/mol. The maximum Gasteiger partial charge on any atom is 0.226 e. The van der Waals surface area contributed by atoms with Gasteiger partial charge in [0, 0.05) is 25.6 Å². The molecule has 0 aromatic heterocycles. The van der Waals surface area contributed by atoms with E-state index in [9.17, 15) is 9.59 Å². The van der Waals surface area contributed by atoms with Crippen molar-refractivity contribution >= 4 is 11.8 Å². The molecule has 1 aliphatic rings. The summed E-state index contributed by atoms with van der Waals surface area (Å²) in [4.78, 5) is 27.0. The van der Waals surface area contributed by atoms with E-state index in [1.807, 2.05) is 54.3 Å². The van der Waals surface area contributed by atoms with Crippen LogP contribution >= 0.6 is 0 Å². The Labute approximate surface area is 161 Å². The Morgan fingerprint density at radius 3 is 2.07 bits per heavy atom. The first-order valence-electron chi connectivity index (χ1n) is 9.69. The summed E-state index contributed by atoms with van der Waals surface area (Å²) < 4.78 is 0. The van der Waals surface area contributed by atoms with Crippen LogP contribution < -0.4 is 5.32 Å². The molecule has 142 valence electrons. The molecule has 1 heterocycles. The predicted molar refractivity (Wildman–Crippen MR) is 107 cm³/mol. The lowest BCUT2D eigenvalue weighted by atomic mass is 9.95. The fourth-order valence-electron chi connectivity index (χ4n) is 3.61. The first-order chi connectivity index (χ1) is 13.0. The first kappa shape index (κ1) is 19.2. The largest absolute Gasteiger partial charge is 0.352 e. The van der Waals surface area contributed by atoms with Gasteiger partial charge in [-0.05, 0) is 48.9 Å². The zero-order valence-corrected chi connectivity index (χ0v) is 16.2. The van der Waals surface area contributed by atoms with Gasteiger partial charge in [0.2, 0.25) is 11.8 Å². The average Bonchev–Trinajstić information content (AvgIpc) is 2.69. The van der Waals surface area contributed by atoms with Gasteiger partial charge in [0.05, 0.1) is 6.42 Å². The van der Waals surface area contributed by atoms with Gasteiger partial charge in [-0.2, -0.15) is 0 Å². The lowest BCUT2D eigenvalue weighted by Crippen LogP contribution is -2.43. The zero-order valence-electron chi connectivity index (χ0n) is 16.2. The molecule has 2 aromatic rings. The van der Waals surface area contributed by atoms with Crippen LogP contribution in [-0.4, -0.2) is 29.8 Å². The monoisotopic (exact) mass is 364 g/mol. The molecule has 1 fully saturated rings. The number of amides is 2. The molecule has 0 aliphatic carbocycles. The molecule has 2 amide bonds.